The molecule has 0 N–H and O–H groups in total. The Balaban J connectivity index is 3.28. The van der Waals surface area contributed by atoms with Crippen LogP contribution in [0, 0.1) is 0 Å². The van der Waals surface area contributed by atoms with Crippen molar-refractivity contribution in [2.24, 2.45) is 0 Å². The van der Waals surface area contributed by atoms with Gasteiger partial charge in [-0.25, -0.2) is 4.79 Å². The molecule has 0 aromatic rings. The first kappa shape index (κ1) is 23.2. The summed E-state index contributed by atoms with van der Waals surface area (Å²) < 4.78 is 0. The molecule has 0 bridgehead atoms. The summed E-state index contributed by atoms with van der Waals surface area (Å²) in [4.78, 5) is 20.7. The Kier molecular flexibility index (Phi) is 17.9. The van der Waals surface area contributed by atoms with Gasteiger partial charge in [0.05, 0.1) is 0 Å². The predicted octanol–water partition coefficient (Wildman–Crippen LogP) is 6.91. The van der Waals surface area contributed by atoms with Gasteiger partial charge in [0.25, 0.3) is 0 Å². The van der Waals surface area contributed by atoms with Crippen LogP contribution in [0.5, 0.6) is 0 Å². The molecule has 0 fully saturated rings. The van der Waals surface area contributed by atoms with Gasteiger partial charge in [-0.2, -0.15) is 4.89 Å². The summed E-state index contributed by atoms with van der Waals surface area (Å²) in [6.45, 7) is 7.67. The fourth-order valence-corrected chi connectivity index (χ4v) is 2.86. The Bertz CT molecular complexity index is 289. The summed E-state index contributed by atoms with van der Waals surface area (Å²) in [6, 6.07) is 0. The lowest BCUT2D eigenvalue weighted by atomic mass is 10.0. The molecule has 3 heteroatoms. The molecule has 0 saturated heterocycles. The van der Waals surface area contributed by atoms with Crippen molar-refractivity contribution in [3.8, 4) is 0 Å². The van der Waals surface area contributed by atoms with Crippen LogP contribution < -0.4 is 0 Å². The molecule has 0 aliphatic rings. The Morgan fingerprint density at radius 1 is 0.833 bits per heavy atom. The lowest BCUT2D eigenvalue weighted by Gasteiger charge is -2.13. The number of unbranched alkanes of at least 4 members (excludes halogenated alkanes) is 12. The van der Waals surface area contributed by atoms with E-state index in [-0.39, 0.29) is 6.10 Å². The molecule has 0 spiro atoms. The Morgan fingerprint density at radius 2 is 1.29 bits per heavy atom. The van der Waals surface area contributed by atoms with Crippen molar-refractivity contribution in [2.75, 3.05) is 0 Å². The first-order chi connectivity index (χ1) is 11.7. The van der Waals surface area contributed by atoms with Gasteiger partial charge in [-0.3, -0.25) is 4.89 Å². The molecule has 142 valence electrons. The zero-order chi connectivity index (χ0) is 17.9. The van der Waals surface area contributed by atoms with Crippen molar-refractivity contribution in [1.29, 1.82) is 0 Å². The third-order valence-electron chi connectivity index (χ3n) is 4.52. The van der Waals surface area contributed by atoms with Gasteiger partial charge in [-0.05, 0) is 12.8 Å². The van der Waals surface area contributed by atoms with Gasteiger partial charge in [0.1, 0.15) is 6.10 Å². The number of carbonyl (C=O) groups excluding carboxylic acids is 1. The Morgan fingerprint density at radius 3 is 1.71 bits per heavy atom. The molecule has 0 rings (SSSR count). The topological polar surface area (TPSA) is 35.5 Å². The van der Waals surface area contributed by atoms with Crippen molar-refractivity contribution in [2.45, 2.75) is 116 Å². The van der Waals surface area contributed by atoms with E-state index >= 15 is 0 Å². The molecule has 0 aliphatic carbocycles. The Hall–Kier alpha value is -0.830. The third kappa shape index (κ3) is 16.0. The van der Waals surface area contributed by atoms with E-state index < -0.39 is 5.97 Å². The first-order valence-corrected chi connectivity index (χ1v) is 10.2. The average molecular weight is 341 g/mol. The van der Waals surface area contributed by atoms with E-state index in [1.54, 1.807) is 0 Å². The smallest absolute Gasteiger partial charge is 0.293 e. The van der Waals surface area contributed by atoms with Crippen LogP contribution in [0.1, 0.15) is 110 Å². The summed E-state index contributed by atoms with van der Waals surface area (Å²) in [5.74, 6) is -0.515. The number of carbonyl (C=O) groups is 1. The van der Waals surface area contributed by atoms with E-state index in [2.05, 4.69) is 25.3 Å². The Labute approximate surface area is 150 Å². The van der Waals surface area contributed by atoms with Crippen molar-refractivity contribution in [3.05, 3.63) is 12.7 Å². The molecule has 1 atom stereocenters. The van der Waals surface area contributed by atoms with Gasteiger partial charge in [-0.1, -0.05) is 104 Å². The van der Waals surface area contributed by atoms with Crippen molar-refractivity contribution < 1.29 is 14.6 Å². The molecular weight excluding hydrogens is 300 g/mol. The summed E-state index contributed by atoms with van der Waals surface area (Å²) >= 11 is 0. The van der Waals surface area contributed by atoms with E-state index in [0.717, 1.165) is 25.3 Å². The molecule has 0 aliphatic heterocycles. The zero-order valence-corrected chi connectivity index (χ0v) is 16.2. The van der Waals surface area contributed by atoms with E-state index in [0.29, 0.717) is 0 Å². The molecule has 0 amide bonds. The standard InChI is InChI=1S/C21H40O3/c1-4-7-8-9-10-11-12-13-14-15-16-17-18-19-20(5-2)23-24-21(22)6-3/h6,20H,3-5,7-19H2,1-2H3. The molecule has 24 heavy (non-hydrogen) atoms. The van der Waals surface area contributed by atoms with E-state index in [1.165, 1.54) is 77.0 Å². The van der Waals surface area contributed by atoms with Crippen LogP contribution >= 0.6 is 0 Å². The van der Waals surface area contributed by atoms with Gasteiger partial charge in [0, 0.05) is 6.08 Å². The lowest BCUT2D eigenvalue weighted by Crippen LogP contribution is -2.14. The van der Waals surface area contributed by atoms with Gasteiger partial charge >= 0.3 is 5.97 Å². The van der Waals surface area contributed by atoms with Crippen LogP contribution in [0.25, 0.3) is 0 Å². The average Bonchev–Trinajstić information content (AvgIpc) is 2.61. The highest BCUT2D eigenvalue weighted by Gasteiger charge is 2.09. The highest BCUT2D eigenvalue weighted by molar-refractivity contribution is 5.80. The van der Waals surface area contributed by atoms with Gasteiger partial charge in [0.15, 0.2) is 0 Å². The van der Waals surface area contributed by atoms with Crippen LogP contribution in [-0.2, 0) is 14.6 Å². The molecule has 3 nitrogen and oxygen atoms in total. The lowest BCUT2D eigenvalue weighted by molar-refractivity contribution is -0.295. The van der Waals surface area contributed by atoms with E-state index in [9.17, 15) is 4.79 Å². The highest BCUT2D eigenvalue weighted by atomic mass is 17.2. The molecule has 0 aromatic heterocycles. The highest BCUT2D eigenvalue weighted by Crippen LogP contribution is 2.15. The van der Waals surface area contributed by atoms with Crippen LogP contribution in [0.15, 0.2) is 12.7 Å². The fourth-order valence-electron chi connectivity index (χ4n) is 2.86. The predicted molar refractivity (Wildman–Crippen MR) is 102 cm³/mol. The molecule has 0 aromatic carbocycles. The minimum absolute atomic E-state index is 0.0154. The van der Waals surface area contributed by atoms with Crippen molar-refractivity contribution in [3.63, 3.8) is 0 Å². The maximum absolute atomic E-state index is 11.0. The zero-order valence-electron chi connectivity index (χ0n) is 16.2. The second kappa shape index (κ2) is 18.5. The van der Waals surface area contributed by atoms with Gasteiger partial charge < -0.3 is 0 Å². The molecule has 1 unspecified atom stereocenters. The van der Waals surface area contributed by atoms with Crippen LogP contribution in [-0.4, -0.2) is 12.1 Å². The largest absolute Gasteiger partial charge is 0.365 e. The molecule has 0 radical (unpaired) electrons. The molecular formula is C21H40O3. The summed E-state index contributed by atoms with van der Waals surface area (Å²) in [7, 11) is 0. The number of hydrogen-bond acceptors (Lipinski definition) is 3. The normalized spacial score (nSPS) is 12.1. The van der Waals surface area contributed by atoms with E-state index in [4.69, 9.17) is 4.89 Å². The van der Waals surface area contributed by atoms with Gasteiger partial charge in [0.2, 0.25) is 0 Å². The van der Waals surface area contributed by atoms with Gasteiger partial charge in [-0.15, -0.1) is 0 Å². The fraction of sp³-hybridized carbons (Fsp3) is 0.857. The minimum Gasteiger partial charge on any atom is -0.293 e. The molecule has 0 saturated carbocycles. The second-order valence-corrected chi connectivity index (χ2v) is 6.76. The summed E-state index contributed by atoms with van der Waals surface area (Å²) in [5.41, 5.74) is 0. The second-order valence-electron chi connectivity index (χ2n) is 6.76. The maximum atomic E-state index is 11.0. The maximum Gasteiger partial charge on any atom is 0.365 e. The quantitative estimate of drug-likeness (QED) is 0.118. The van der Waals surface area contributed by atoms with Crippen LogP contribution in [0.3, 0.4) is 0 Å². The third-order valence-corrected chi connectivity index (χ3v) is 4.52. The van der Waals surface area contributed by atoms with Crippen LogP contribution in [0.4, 0.5) is 0 Å². The number of hydrogen-bond donors (Lipinski definition) is 0. The summed E-state index contributed by atoms with van der Waals surface area (Å²) in [5, 5.41) is 0. The first-order valence-electron chi connectivity index (χ1n) is 10.2. The van der Waals surface area contributed by atoms with E-state index in [1.807, 2.05) is 0 Å². The minimum atomic E-state index is -0.515. The summed E-state index contributed by atoms with van der Waals surface area (Å²) in [6.07, 6.45) is 20.6. The van der Waals surface area contributed by atoms with Crippen molar-refractivity contribution in [1.82, 2.24) is 0 Å². The number of rotatable bonds is 18. The van der Waals surface area contributed by atoms with Crippen LogP contribution in [0.2, 0.25) is 0 Å². The molecule has 0 heterocycles. The van der Waals surface area contributed by atoms with Crippen molar-refractivity contribution >= 4 is 5.97 Å². The SMILES string of the molecule is C=CC(=O)OOC(CC)CCCCCCCCCCCCCCC. The monoisotopic (exact) mass is 340 g/mol.